The lowest BCUT2D eigenvalue weighted by molar-refractivity contribution is 0.104. The van der Waals surface area contributed by atoms with Crippen molar-refractivity contribution >= 4 is 17.1 Å². The molecule has 0 amide bonds. The topological polar surface area (TPSA) is 44.1 Å². The first-order chi connectivity index (χ1) is 7.06. The van der Waals surface area contributed by atoms with Crippen LogP contribution in [0, 0.1) is 18.3 Å². The largest absolute Gasteiger partial charge is 0.382 e. The first kappa shape index (κ1) is 11.5. The van der Waals surface area contributed by atoms with E-state index >= 15 is 0 Å². The van der Waals surface area contributed by atoms with Crippen molar-refractivity contribution in [2.45, 2.75) is 6.92 Å². The lowest BCUT2D eigenvalue weighted by atomic mass is 10.1. The number of hydrogen-bond acceptors (Lipinski definition) is 4. The molecule has 1 aromatic heterocycles. The molecule has 0 unspecified atom stereocenters. The molecule has 1 rings (SSSR count). The standard InChI is InChI=1S/C11H12N2OS/c1-8-4-5-15-11(8)10(14)9(6-12)7-13(2)3/h4-5,7H,1-3H3/b9-7-. The van der Waals surface area contributed by atoms with Crippen molar-refractivity contribution in [3.8, 4) is 6.07 Å². The van der Waals surface area contributed by atoms with Gasteiger partial charge in [-0.15, -0.1) is 11.3 Å². The lowest BCUT2D eigenvalue weighted by Crippen LogP contribution is -2.08. The van der Waals surface area contributed by atoms with Crippen LogP contribution in [-0.2, 0) is 0 Å². The van der Waals surface area contributed by atoms with Gasteiger partial charge in [-0.2, -0.15) is 5.26 Å². The minimum Gasteiger partial charge on any atom is -0.382 e. The Hall–Kier alpha value is -1.60. The lowest BCUT2D eigenvalue weighted by Gasteiger charge is -2.05. The quantitative estimate of drug-likeness (QED) is 0.445. The minimum absolute atomic E-state index is 0.172. The summed E-state index contributed by atoms with van der Waals surface area (Å²) in [5, 5.41) is 10.7. The number of nitrogens with zero attached hydrogens (tertiary/aromatic N) is 2. The molecule has 0 N–H and O–H groups in total. The molecule has 0 aliphatic heterocycles. The summed E-state index contributed by atoms with van der Waals surface area (Å²) in [6, 6.07) is 3.80. The number of Topliss-reactive ketones (excluding diaryl/α,β-unsaturated/α-hetero) is 1. The molecular formula is C11H12N2OS. The van der Waals surface area contributed by atoms with Crippen molar-refractivity contribution in [3.05, 3.63) is 33.7 Å². The van der Waals surface area contributed by atoms with Gasteiger partial charge in [-0.25, -0.2) is 0 Å². The maximum absolute atomic E-state index is 11.9. The van der Waals surface area contributed by atoms with E-state index in [1.54, 1.807) is 25.2 Å². The average molecular weight is 220 g/mol. The van der Waals surface area contributed by atoms with Gasteiger partial charge in [0.2, 0.25) is 5.78 Å². The third kappa shape index (κ3) is 2.67. The van der Waals surface area contributed by atoms with Crippen molar-refractivity contribution in [1.82, 2.24) is 4.90 Å². The fourth-order valence-electron chi connectivity index (χ4n) is 1.12. The molecule has 0 spiro atoms. The summed E-state index contributed by atoms with van der Waals surface area (Å²) in [5.41, 5.74) is 1.09. The molecule has 0 aliphatic rings. The van der Waals surface area contributed by atoms with Crippen LogP contribution in [0.1, 0.15) is 15.2 Å². The molecule has 0 radical (unpaired) electrons. The van der Waals surface area contributed by atoms with Crippen LogP contribution in [-0.4, -0.2) is 24.8 Å². The summed E-state index contributed by atoms with van der Waals surface area (Å²) >= 11 is 1.37. The maximum Gasteiger partial charge on any atom is 0.215 e. The molecule has 1 aromatic rings. The number of hydrogen-bond donors (Lipinski definition) is 0. The number of ketones is 1. The van der Waals surface area contributed by atoms with Crippen LogP contribution in [0.25, 0.3) is 0 Å². The van der Waals surface area contributed by atoms with Crippen LogP contribution in [0.2, 0.25) is 0 Å². The number of carbonyl (C=O) groups is 1. The summed E-state index contributed by atoms with van der Waals surface area (Å²) in [6.45, 7) is 1.87. The fraction of sp³-hybridized carbons (Fsp3) is 0.273. The van der Waals surface area contributed by atoms with Crippen LogP contribution in [0.15, 0.2) is 23.2 Å². The van der Waals surface area contributed by atoms with Gasteiger partial charge in [-0.05, 0) is 23.9 Å². The Morgan fingerprint density at radius 2 is 2.27 bits per heavy atom. The van der Waals surface area contributed by atoms with E-state index in [1.807, 2.05) is 24.4 Å². The predicted molar refractivity (Wildman–Crippen MR) is 60.8 cm³/mol. The highest BCUT2D eigenvalue weighted by Gasteiger charge is 2.15. The second kappa shape index (κ2) is 4.76. The van der Waals surface area contributed by atoms with E-state index in [-0.39, 0.29) is 11.4 Å². The van der Waals surface area contributed by atoms with Gasteiger partial charge in [0.25, 0.3) is 0 Å². The zero-order chi connectivity index (χ0) is 11.4. The molecule has 15 heavy (non-hydrogen) atoms. The molecule has 0 bridgehead atoms. The first-order valence-electron chi connectivity index (χ1n) is 4.43. The van der Waals surface area contributed by atoms with Gasteiger partial charge in [-0.3, -0.25) is 4.79 Å². The third-order valence-electron chi connectivity index (χ3n) is 1.82. The number of thiophene rings is 1. The Kier molecular flexibility index (Phi) is 3.64. The molecule has 3 nitrogen and oxygen atoms in total. The Balaban J connectivity index is 3.05. The predicted octanol–water partition coefficient (Wildman–Crippen LogP) is 2.21. The van der Waals surface area contributed by atoms with Gasteiger partial charge in [-0.1, -0.05) is 0 Å². The van der Waals surface area contributed by atoms with Crippen molar-refractivity contribution in [1.29, 1.82) is 5.26 Å². The summed E-state index contributed by atoms with van der Waals surface area (Å²) in [7, 11) is 3.57. The third-order valence-corrected chi connectivity index (χ3v) is 2.84. The van der Waals surface area contributed by atoms with Gasteiger partial charge in [0, 0.05) is 20.3 Å². The zero-order valence-electron chi connectivity index (χ0n) is 8.94. The second-order valence-corrected chi connectivity index (χ2v) is 4.30. The van der Waals surface area contributed by atoms with Crippen molar-refractivity contribution in [2.24, 2.45) is 0 Å². The molecular weight excluding hydrogens is 208 g/mol. The van der Waals surface area contributed by atoms with Gasteiger partial charge < -0.3 is 4.90 Å². The molecule has 0 aromatic carbocycles. The van der Waals surface area contributed by atoms with Gasteiger partial charge >= 0.3 is 0 Å². The smallest absolute Gasteiger partial charge is 0.215 e. The van der Waals surface area contributed by atoms with E-state index in [0.29, 0.717) is 4.88 Å². The molecule has 1 heterocycles. The minimum atomic E-state index is -0.196. The van der Waals surface area contributed by atoms with E-state index in [2.05, 4.69) is 0 Å². The maximum atomic E-state index is 11.9. The van der Waals surface area contributed by atoms with Crippen molar-refractivity contribution in [3.63, 3.8) is 0 Å². The highest BCUT2D eigenvalue weighted by molar-refractivity contribution is 7.12. The number of allylic oxidation sites excluding steroid dienone is 1. The van der Waals surface area contributed by atoms with Crippen molar-refractivity contribution in [2.75, 3.05) is 14.1 Å². The van der Waals surface area contributed by atoms with Gasteiger partial charge in [0.1, 0.15) is 11.6 Å². The van der Waals surface area contributed by atoms with Crippen LogP contribution in [0.4, 0.5) is 0 Å². The average Bonchev–Trinajstić information content (AvgIpc) is 2.59. The first-order valence-corrected chi connectivity index (χ1v) is 5.31. The molecule has 0 aliphatic carbocycles. The van der Waals surface area contributed by atoms with E-state index in [9.17, 15) is 4.79 Å². The zero-order valence-corrected chi connectivity index (χ0v) is 9.76. The highest BCUT2D eigenvalue weighted by Crippen LogP contribution is 2.19. The van der Waals surface area contributed by atoms with Crippen LogP contribution in [0.5, 0.6) is 0 Å². The van der Waals surface area contributed by atoms with Crippen LogP contribution < -0.4 is 0 Å². The summed E-state index contributed by atoms with van der Waals surface area (Å²) in [4.78, 5) is 14.2. The number of rotatable bonds is 3. The summed E-state index contributed by atoms with van der Waals surface area (Å²) in [5.74, 6) is -0.196. The van der Waals surface area contributed by atoms with E-state index in [0.717, 1.165) is 5.56 Å². The van der Waals surface area contributed by atoms with Crippen LogP contribution in [0.3, 0.4) is 0 Å². The monoisotopic (exact) mass is 220 g/mol. The number of carbonyl (C=O) groups excluding carboxylic acids is 1. The number of aryl methyl sites for hydroxylation is 1. The highest BCUT2D eigenvalue weighted by atomic mass is 32.1. The van der Waals surface area contributed by atoms with E-state index in [4.69, 9.17) is 5.26 Å². The molecule has 0 saturated heterocycles. The molecule has 78 valence electrons. The van der Waals surface area contributed by atoms with E-state index in [1.165, 1.54) is 11.3 Å². The summed E-state index contributed by atoms with van der Waals surface area (Å²) < 4.78 is 0. The van der Waals surface area contributed by atoms with E-state index < -0.39 is 0 Å². The Labute approximate surface area is 93.3 Å². The second-order valence-electron chi connectivity index (χ2n) is 3.38. The van der Waals surface area contributed by atoms with Crippen LogP contribution >= 0.6 is 11.3 Å². The normalized spacial score (nSPS) is 10.9. The Bertz CT molecular complexity index is 438. The van der Waals surface area contributed by atoms with Gasteiger partial charge in [0.05, 0.1) is 4.88 Å². The van der Waals surface area contributed by atoms with Crippen molar-refractivity contribution < 1.29 is 4.79 Å². The molecule has 0 saturated carbocycles. The molecule has 0 atom stereocenters. The fourth-order valence-corrected chi connectivity index (χ4v) is 2.00. The molecule has 4 heteroatoms. The summed E-state index contributed by atoms with van der Waals surface area (Å²) in [6.07, 6.45) is 1.54. The SMILES string of the molecule is Cc1ccsc1C(=O)/C(C#N)=C\N(C)C. The number of nitriles is 1. The Morgan fingerprint density at radius 3 is 2.67 bits per heavy atom. The molecule has 0 fully saturated rings. The Morgan fingerprint density at radius 1 is 1.60 bits per heavy atom. The van der Waals surface area contributed by atoms with Gasteiger partial charge in [0.15, 0.2) is 0 Å².